The van der Waals surface area contributed by atoms with Crippen LogP contribution in [0.5, 0.6) is 11.5 Å². The van der Waals surface area contributed by atoms with Gasteiger partial charge in [-0.25, -0.2) is 13.2 Å². The molecule has 0 radical (unpaired) electrons. The zero-order valence-electron chi connectivity index (χ0n) is 21.2. The van der Waals surface area contributed by atoms with Gasteiger partial charge in [0.05, 0.1) is 18.7 Å². The predicted molar refractivity (Wildman–Crippen MR) is 130 cm³/mol. The lowest BCUT2D eigenvalue weighted by atomic mass is 10.0. The van der Waals surface area contributed by atoms with Crippen molar-refractivity contribution in [2.24, 2.45) is 0 Å². The van der Waals surface area contributed by atoms with Gasteiger partial charge in [0.25, 0.3) is 0 Å². The molecule has 0 fully saturated rings. The number of nitrogens with zero attached hydrogens (tertiary/aromatic N) is 1. The van der Waals surface area contributed by atoms with Gasteiger partial charge >= 0.3 is 18.7 Å². The topological polar surface area (TPSA) is 21.7 Å². The summed E-state index contributed by atoms with van der Waals surface area (Å²) < 4.78 is 135. The molecule has 0 bridgehead atoms. The third kappa shape index (κ3) is 8.95. The fourth-order valence-corrected chi connectivity index (χ4v) is 3.43. The summed E-state index contributed by atoms with van der Waals surface area (Å²) >= 11 is 0. The van der Waals surface area contributed by atoms with E-state index in [4.69, 9.17) is 4.74 Å². The van der Waals surface area contributed by atoms with Crippen molar-refractivity contribution < 1.29 is 53.4 Å². The molecule has 40 heavy (non-hydrogen) atoms. The van der Waals surface area contributed by atoms with E-state index in [-0.39, 0.29) is 42.3 Å². The molecule has 3 aromatic carbocycles. The molecule has 1 aliphatic rings. The second-order valence-electron chi connectivity index (χ2n) is 7.89. The van der Waals surface area contributed by atoms with E-state index in [2.05, 4.69) is 4.74 Å². The van der Waals surface area contributed by atoms with Crippen molar-refractivity contribution in [1.82, 2.24) is 0 Å². The van der Waals surface area contributed by atoms with E-state index < -0.39 is 42.6 Å². The van der Waals surface area contributed by atoms with Gasteiger partial charge in [0.15, 0.2) is 23.2 Å². The molecular weight excluding hydrogens is 560 g/mol. The van der Waals surface area contributed by atoms with Gasteiger partial charge in [-0.1, -0.05) is 44.2 Å². The number of benzene rings is 3. The molecule has 0 amide bonds. The number of ether oxygens (including phenoxy) is 2. The molecule has 0 spiro atoms. The number of fused-ring (bicyclic) bond motifs is 1. The number of hydrogen-bond acceptors (Lipinski definition) is 3. The van der Waals surface area contributed by atoms with Crippen LogP contribution in [0.3, 0.4) is 0 Å². The minimum Gasteiger partial charge on any atom is -0.489 e. The fourth-order valence-electron chi connectivity index (χ4n) is 3.43. The smallest absolute Gasteiger partial charge is 0.461 e. The Morgan fingerprint density at radius 1 is 0.875 bits per heavy atom. The van der Waals surface area contributed by atoms with E-state index in [1.54, 1.807) is 18.2 Å². The summed E-state index contributed by atoms with van der Waals surface area (Å²) in [5, 5.41) is 0. The van der Waals surface area contributed by atoms with Crippen molar-refractivity contribution in [3.63, 3.8) is 0 Å². The number of rotatable bonds is 6. The van der Waals surface area contributed by atoms with Crippen molar-refractivity contribution in [1.29, 1.82) is 0 Å². The molecule has 0 atom stereocenters. The standard InChI is InChI=1S/C17H13F6NO.C8H6F4O.C2H6/c18-12-8-10(9-13(19)15(12)20)11-2-1-3-14-16(11)25-7-6-24(14)5-4-17(21,22)23;9-7(10)8(11,12)13-6-4-2-1-3-5-6;1-2/h1-3,8-9H,4-7H2;1-5,7H;1-2H3. The summed E-state index contributed by atoms with van der Waals surface area (Å²) in [6.45, 7) is 4.14. The summed E-state index contributed by atoms with van der Waals surface area (Å²) in [6.07, 6.45) is -13.5. The van der Waals surface area contributed by atoms with Crippen LogP contribution < -0.4 is 14.4 Å². The highest BCUT2D eigenvalue weighted by Gasteiger charge is 2.43. The molecule has 13 heteroatoms. The summed E-state index contributed by atoms with van der Waals surface area (Å²) in [5.41, 5.74) is 0.732. The van der Waals surface area contributed by atoms with Crippen LogP contribution in [0, 0.1) is 17.5 Å². The minimum atomic E-state index is -4.43. The van der Waals surface area contributed by atoms with Crippen LogP contribution in [0.25, 0.3) is 11.1 Å². The monoisotopic (exact) mass is 585 g/mol. The zero-order chi connectivity index (χ0) is 30.1. The van der Waals surface area contributed by atoms with Gasteiger partial charge in [0.1, 0.15) is 12.4 Å². The highest BCUT2D eigenvalue weighted by Crippen LogP contribution is 2.41. The van der Waals surface area contributed by atoms with Crippen molar-refractivity contribution in [2.75, 3.05) is 24.6 Å². The predicted octanol–water partition coefficient (Wildman–Crippen LogP) is 8.87. The van der Waals surface area contributed by atoms with Gasteiger partial charge in [-0.05, 0) is 35.9 Å². The van der Waals surface area contributed by atoms with E-state index in [0.29, 0.717) is 5.69 Å². The number of anilines is 1. The van der Waals surface area contributed by atoms with Gasteiger partial charge in [-0.2, -0.15) is 30.7 Å². The Kier molecular flexibility index (Phi) is 11.5. The highest BCUT2D eigenvalue weighted by molar-refractivity contribution is 5.79. The second kappa shape index (κ2) is 14.1. The quantitative estimate of drug-likeness (QED) is 0.213. The second-order valence-corrected chi connectivity index (χ2v) is 7.89. The average Bonchev–Trinajstić information content (AvgIpc) is 2.91. The lowest BCUT2D eigenvalue weighted by Gasteiger charge is -2.32. The lowest BCUT2D eigenvalue weighted by Crippen LogP contribution is -2.35. The third-order valence-corrected chi connectivity index (χ3v) is 5.15. The molecule has 0 unspecified atom stereocenters. The Hall–Kier alpha value is -3.64. The normalized spacial score (nSPS) is 12.9. The van der Waals surface area contributed by atoms with Crippen LogP contribution >= 0.6 is 0 Å². The minimum absolute atomic E-state index is 0.0471. The summed E-state index contributed by atoms with van der Waals surface area (Å²) in [4.78, 5) is 1.51. The first-order chi connectivity index (χ1) is 18.8. The molecule has 4 rings (SSSR count). The largest absolute Gasteiger partial charge is 0.489 e. The van der Waals surface area contributed by atoms with Crippen molar-refractivity contribution >= 4 is 5.69 Å². The number of para-hydroxylation sites is 2. The van der Waals surface area contributed by atoms with Crippen LogP contribution in [-0.4, -0.2) is 38.4 Å². The Morgan fingerprint density at radius 2 is 1.48 bits per heavy atom. The van der Waals surface area contributed by atoms with Crippen molar-refractivity contribution in [3.8, 4) is 22.6 Å². The van der Waals surface area contributed by atoms with Crippen LogP contribution in [0.4, 0.5) is 49.6 Å². The molecule has 0 saturated carbocycles. The first-order valence-corrected chi connectivity index (χ1v) is 11.9. The summed E-state index contributed by atoms with van der Waals surface area (Å²) in [5.74, 6) is -4.34. The first kappa shape index (κ1) is 32.6. The average molecular weight is 585 g/mol. The molecule has 0 aromatic heterocycles. The number of halogens is 10. The SMILES string of the molecule is CC.FC(F)C(F)(F)Oc1ccccc1.Fc1cc(-c2cccc3c2OCCN3CCC(F)(F)F)cc(F)c1F. The third-order valence-electron chi connectivity index (χ3n) is 5.15. The molecule has 3 nitrogen and oxygen atoms in total. The lowest BCUT2D eigenvalue weighted by molar-refractivity contribution is -0.253. The first-order valence-electron chi connectivity index (χ1n) is 11.9. The van der Waals surface area contributed by atoms with Crippen LogP contribution in [0.15, 0.2) is 60.7 Å². The van der Waals surface area contributed by atoms with Crippen molar-refractivity contribution in [3.05, 3.63) is 78.1 Å². The van der Waals surface area contributed by atoms with E-state index >= 15 is 0 Å². The van der Waals surface area contributed by atoms with Gasteiger partial charge in [-0.15, -0.1) is 0 Å². The molecule has 0 N–H and O–H groups in total. The molecular formula is C27H25F10NO2. The molecule has 0 saturated heterocycles. The maximum absolute atomic E-state index is 13.5. The fraction of sp³-hybridized carbons (Fsp3) is 0.333. The van der Waals surface area contributed by atoms with E-state index in [9.17, 15) is 43.9 Å². The number of hydrogen-bond donors (Lipinski definition) is 0. The maximum atomic E-state index is 13.5. The summed E-state index contributed by atoms with van der Waals surface area (Å²) in [6, 6.07) is 13.0. The summed E-state index contributed by atoms with van der Waals surface area (Å²) in [7, 11) is 0. The Balaban J connectivity index is 0.000000315. The zero-order valence-corrected chi connectivity index (χ0v) is 21.2. The van der Waals surface area contributed by atoms with Crippen LogP contribution in [0.1, 0.15) is 20.3 Å². The van der Waals surface area contributed by atoms with Gasteiger partial charge in [0, 0.05) is 12.1 Å². The highest BCUT2D eigenvalue weighted by atomic mass is 19.4. The number of alkyl halides is 7. The molecule has 220 valence electrons. The Bertz CT molecular complexity index is 1200. The van der Waals surface area contributed by atoms with Crippen LogP contribution in [-0.2, 0) is 0 Å². The molecule has 0 aliphatic carbocycles. The molecule has 1 aliphatic heterocycles. The van der Waals surface area contributed by atoms with Gasteiger partial charge in [0.2, 0.25) is 0 Å². The maximum Gasteiger partial charge on any atom is 0.461 e. The van der Waals surface area contributed by atoms with Crippen LogP contribution in [0.2, 0.25) is 0 Å². The Labute approximate surface area is 223 Å². The van der Waals surface area contributed by atoms with Gasteiger partial charge < -0.3 is 14.4 Å². The van der Waals surface area contributed by atoms with Crippen molar-refractivity contribution in [2.45, 2.75) is 39.0 Å². The molecule has 1 heterocycles. The van der Waals surface area contributed by atoms with E-state index in [1.165, 1.54) is 35.2 Å². The molecule has 3 aromatic rings. The van der Waals surface area contributed by atoms with E-state index in [0.717, 1.165) is 12.1 Å². The Morgan fingerprint density at radius 3 is 2.02 bits per heavy atom. The van der Waals surface area contributed by atoms with E-state index in [1.807, 2.05) is 13.8 Å². The van der Waals surface area contributed by atoms with Gasteiger partial charge in [-0.3, -0.25) is 0 Å².